The van der Waals surface area contributed by atoms with Gasteiger partial charge >= 0.3 is 12.2 Å². The Labute approximate surface area is 175 Å². The molecule has 2 aliphatic rings. The summed E-state index contributed by atoms with van der Waals surface area (Å²) in [6, 6.07) is 7.47. The first-order valence-corrected chi connectivity index (χ1v) is 9.66. The number of fused-ring (bicyclic) bond motifs is 2. The van der Waals surface area contributed by atoms with E-state index in [2.05, 4.69) is 5.32 Å². The van der Waals surface area contributed by atoms with E-state index in [0.29, 0.717) is 11.3 Å². The molecule has 0 saturated carbocycles. The van der Waals surface area contributed by atoms with Crippen molar-refractivity contribution in [3.05, 3.63) is 52.8 Å². The standard InChI is InChI=1S/C21H20F3N3O4/c1-12-9-14(13(2)27(12)11-21(22,23)24)16(28)10-26-18(29)20(25-19(26)30)7-8-31-17-6-4-3-5-15(17)20/h3-6,9H,7-8,10-11H2,1-2H3,(H,25,30)/t20-/m1/s1. The Morgan fingerprint density at radius 3 is 2.65 bits per heavy atom. The van der Waals surface area contributed by atoms with Crippen LogP contribution < -0.4 is 10.1 Å². The average molecular weight is 435 g/mol. The number of amides is 3. The van der Waals surface area contributed by atoms with Crippen molar-refractivity contribution in [2.45, 2.75) is 38.5 Å². The molecule has 31 heavy (non-hydrogen) atoms. The van der Waals surface area contributed by atoms with Gasteiger partial charge in [-0.1, -0.05) is 18.2 Å². The van der Waals surface area contributed by atoms with E-state index in [1.807, 2.05) is 0 Å². The van der Waals surface area contributed by atoms with Crippen molar-refractivity contribution in [2.24, 2.45) is 0 Å². The van der Waals surface area contributed by atoms with Gasteiger partial charge in [0.25, 0.3) is 5.91 Å². The smallest absolute Gasteiger partial charge is 0.406 e. The molecule has 1 saturated heterocycles. The van der Waals surface area contributed by atoms with Crippen molar-refractivity contribution in [1.82, 2.24) is 14.8 Å². The van der Waals surface area contributed by atoms with Crippen LogP contribution in [0.2, 0.25) is 0 Å². The number of carbonyl (C=O) groups excluding carboxylic acids is 3. The van der Waals surface area contributed by atoms with Gasteiger partial charge in [-0.05, 0) is 26.0 Å². The first-order valence-electron chi connectivity index (χ1n) is 9.66. The summed E-state index contributed by atoms with van der Waals surface area (Å²) in [5.74, 6) is -0.709. The Morgan fingerprint density at radius 1 is 1.23 bits per heavy atom. The molecule has 0 unspecified atom stereocenters. The quantitative estimate of drug-likeness (QED) is 0.591. The molecule has 1 aromatic carbocycles. The van der Waals surface area contributed by atoms with Gasteiger partial charge in [0.15, 0.2) is 11.3 Å². The largest absolute Gasteiger partial charge is 0.493 e. The van der Waals surface area contributed by atoms with Crippen molar-refractivity contribution in [1.29, 1.82) is 0 Å². The van der Waals surface area contributed by atoms with E-state index in [9.17, 15) is 27.6 Å². The molecule has 2 aliphatic heterocycles. The van der Waals surface area contributed by atoms with E-state index in [1.54, 1.807) is 24.3 Å². The zero-order chi connectivity index (χ0) is 22.6. The number of benzene rings is 1. The molecule has 1 fully saturated rings. The van der Waals surface area contributed by atoms with E-state index in [-0.39, 0.29) is 30.0 Å². The van der Waals surface area contributed by atoms with Crippen LogP contribution in [0, 0.1) is 13.8 Å². The van der Waals surface area contributed by atoms with E-state index in [0.717, 1.165) is 9.47 Å². The number of hydrogen-bond donors (Lipinski definition) is 1. The Bertz CT molecular complexity index is 1090. The fraction of sp³-hybridized carbons (Fsp3) is 0.381. The average Bonchev–Trinajstić information content (AvgIpc) is 3.10. The van der Waals surface area contributed by atoms with Crippen molar-refractivity contribution in [2.75, 3.05) is 13.2 Å². The maximum absolute atomic E-state index is 13.2. The van der Waals surface area contributed by atoms with Gasteiger partial charge in [-0.3, -0.25) is 14.5 Å². The molecule has 7 nitrogen and oxygen atoms in total. The van der Waals surface area contributed by atoms with E-state index in [4.69, 9.17) is 4.74 Å². The topological polar surface area (TPSA) is 80.6 Å². The maximum Gasteiger partial charge on any atom is 0.406 e. The monoisotopic (exact) mass is 435 g/mol. The van der Waals surface area contributed by atoms with Crippen molar-refractivity contribution < 1.29 is 32.3 Å². The molecule has 0 bridgehead atoms. The van der Waals surface area contributed by atoms with Crippen molar-refractivity contribution in [3.63, 3.8) is 0 Å². The summed E-state index contributed by atoms with van der Waals surface area (Å²) in [6.45, 7) is 1.31. The molecule has 164 valence electrons. The highest BCUT2D eigenvalue weighted by atomic mass is 19.4. The molecule has 0 aliphatic carbocycles. The number of aryl methyl sites for hydroxylation is 1. The fourth-order valence-electron chi connectivity index (χ4n) is 4.25. The lowest BCUT2D eigenvalue weighted by molar-refractivity contribution is -0.141. The van der Waals surface area contributed by atoms with Gasteiger partial charge < -0.3 is 14.6 Å². The number of ether oxygens (including phenoxy) is 1. The van der Waals surface area contributed by atoms with Gasteiger partial charge in [0.2, 0.25) is 0 Å². The lowest BCUT2D eigenvalue weighted by atomic mass is 9.84. The van der Waals surface area contributed by atoms with Gasteiger partial charge in [-0.2, -0.15) is 13.2 Å². The molecule has 1 N–H and O–H groups in total. The third kappa shape index (κ3) is 3.45. The molecular weight excluding hydrogens is 415 g/mol. The Morgan fingerprint density at radius 2 is 1.94 bits per heavy atom. The highest BCUT2D eigenvalue weighted by Crippen LogP contribution is 2.41. The van der Waals surface area contributed by atoms with Crippen LogP contribution in [0.3, 0.4) is 0 Å². The Balaban J connectivity index is 1.60. The zero-order valence-corrected chi connectivity index (χ0v) is 16.9. The number of halogens is 3. The molecule has 3 heterocycles. The van der Waals surface area contributed by atoms with Crippen LogP contribution >= 0.6 is 0 Å². The summed E-state index contributed by atoms with van der Waals surface area (Å²) in [6.07, 6.45) is -4.23. The summed E-state index contributed by atoms with van der Waals surface area (Å²) in [5.41, 5.74) is -0.351. The Hall–Kier alpha value is -3.30. The molecule has 1 spiro atoms. The molecule has 1 atom stereocenters. The second-order valence-electron chi connectivity index (χ2n) is 7.73. The summed E-state index contributed by atoms with van der Waals surface area (Å²) >= 11 is 0. The number of nitrogens with one attached hydrogen (secondary N) is 1. The number of para-hydroxylation sites is 1. The first-order chi connectivity index (χ1) is 14.5. The third-order valence-electron chi connectivity index (χ3n) is 5.77. The number of rotatable bonds is 4. The number of aromatic nitrogens is 1. The Kier molecular flexibility index (Phi) is 4.83. The van der Waals surface area contributed by atoms with Crippen LogP contribution in [-0.2, 0) is 16.9 Å². The zero-order valence-electron chi connectivity index (χ0n) is 16.9. The molecule has 10 heteroatoms. The van der Waals surface area contributed by atoms with E-state index >= 15 is 0 Å². The van der Waals surface area contributed by atoms with Gasteiger partial charge in [-0.15, -0.1) is 0 Å². The molecule has 0 radical (unpaired) electrons. The number of alkyl halides is 3. The minimum absolute atomic E-state index is 0.0516. The summed E-state index contributed by atoms with van der Waals surface area (Å²) in [5, 5.41) is 2.70. The highest BCUT2D eigenvalue weighted by Gasteiger charge is 2.55. The van der Waals surface area contributed by atoms with Crippen molar-refractivity contribution in [3.8, 4) is 5.75 Å². The minimum atomic E-state index is -4.44. The predicted molar refractivity (Wildman–Crippen MR) is 103 cm³/mol. The number of nitrogens with zero attached hydrogens (tertiary/aromatic N) is 2. The van der Waals surface area contributed by atoms with Crippen LogP contribution in [0.25, 0.3) is 0 Å². The summed E-state index contributed by atoms with van der Waals surface area (Å²) in [7, 11) is 0. The van der Waals surface area contributed by atoms with Gasteiger partial charge in [0, 0.05) is 28.9 Å². The van der Waals surface area contributed by atoms with Crippen LogP contribution in [0.4, 0.5) is 18.0 Å². The first kappa shape index (κ1) is 21.0. The van der Waals surface area contributed by atoms with Crippen LogP contribution in [0.15, 0.2) is 30.3 Å². The second-order valence-corrected chi connectivity index (χ2v) is 7.73. The van der Waals surface area contributed by atoms with Crippen LogP contribution in [0.1, 0.15) is 33.7 Å². The van der Waals surface area contributed by atoms with Gasteiger partial charge in [-0.25, -0.2) is 4.79 Å². The third-order valence-corrected chi connectivity index (χ3v) is 5.77. The van der Waals surface area contributed by atoms with Crippen LogP contribution in [0.5, 0.6) is 5.75 Å². The molecular formula is C21H20F3N3O4. The number of hydrogen-bond acceptors (Lipinski definition) is 4. The summed E-state index contributed by atoms with van der Waals surface area (Å²) in [4.78, 5) is 39.6. The number of Topliss-reactive ketones (excluding diaryl/α,β-unsaturated/α-hetero) is 1. The molecule has 1 aromatic heterocycles. The fourth-order valence-corrected chi connectivity index (χ4v) is 4.25. The van der Waals surface area contributed by atoms with Crippen LogP contribution in [-0.4, -0.2) is 46.5 Å². The summed E-state index contributed by atoms with van der Waals surface area (Å²) < 4.78 is 45.1. The molecule has 2 aromatic rings. The molecule has 3 amide bonds. The van der Waals surface area contributed by atoms with E-state index in [1.165, 1.54) is 19.9 Å². The van der Waals surface area contributed by atoms with E-state index < -0.39 is 42.5 Å². The number of urea groups is 1. The van der Waals surface area contributed by atoms with Gasteiger partial charge in [0.1, 0.15) is 12.3 Å². The minimum Gasteiger partial charge on any atom is -0.493 e. The normalized spacial score (nSPS) is 20.6. The molecule has 4 rings (SSSR count). The SMILES string of the molecule is Cc1cc(C(=O)CN2C(=O)N[C@@]3(CCOc4ccccc43)C2=O)c(C)n1CC(F)(F)F. The lowest BCUT2D eigenvalue weighted by Gasteiger charge is -2.33. The maximum atomic E-state index is 13.2. The number of imide groups is 1. The second kappa shape index (κ2) is 7.14. The predicted octanol–water partition coefficient (Wildman–Crippen LogP) is 3.08. The highest BCUT2D eigenvalue weighted by molar-refractivity contribution is 6.12. The lowest BCUT2D eigenvalue weighted by Crippen LogP contribution is -2.47. The van der Waals surface area contributed by atoms with Crippen molar-refractivity contribution >= 4 is 17.7 Å². The number of ketones is 1. The number of carbonyl (C=O) groups is 3. The van der Waals surface area contributed by atoms with Gasteiger partial charge in [0.05, 0.1) is 13.2 Å².